The molecular formula is C23H39. The van der Waals surface area contributed by atoms with E-state index in [0.717, 1.165) is 0 Å². The normalized spacial score (nSPS) is 11.8. The Morgan fingerprint density at radius 3 is 1.83 bits per heavy atom. The predicted octanol–water partition coefficient (Wildman–Crippen LogP) is 7.86. The van der Waals surface area contributed by atoms with E-state index in [1.807, 2.05) is 0 Å². The van der Waals surface area contributed by atoms with Gasteiger partial charge in [-0.1, -0.05) is 109 Å². The zero-order chi connectivity index (χ0) is 16.8. The highest BCUT2D eigenvalue weighted by Gasteiger charge is 2.30. The van der Waals surface area contributed by atoms with Crippen molar-refractivity contribution < 1.29 is 0 Å². The first-order valence-corrected chi connectivity index (χ1v) is 10.3. The lowest BCUT2D eigenvalue weighted by Gasteiger charge is -2.35. The van der Waals surface area contributed by atoms with E-state index in [9.17, 15) is 0 Å². The number of unbranched alkanes of at least 4 members (excludes halogenated alkanes) is 7. The van der Waals surface area contributed by atoms with Crippen molar-refractivity contribution in [1.82, 2.24) is 0 Å². The fourth-order valence-corrected chi connectivity index (χ4v) is 3.78. The van der Waals surface area contributed by atoms with Gasteiger partial charge in [0.15, 0.2) is 0 Å². The molecule has 0 fully saturated rings. The quantitative estimate of drug-likeness (QED) is 0.306. The third-order valence-corrected chi connectivity index (χ3v) is 5.31. The topological polar surface area (TPSA) is 0 Å². The van der Waals surface area contributed by atoms with Gasteiger partial charge in [0.2, 0.25) is 0 Å². The number of hydrogen-bond donors (Lipinski definition) is 0. The molecule has 0 bridgehead atoms. The van der Waals surface area contributed by atoms with Crippen LogP contribution in [0.5, 0.6) is 0 Å². The summed E-state index contributed by atoms with van der Waals surface area (Å²) in [5, 5.41) is 0. The molecule has 0 aromatic heterocycles. The largest absolute Gasteiger partial charge is 0.0654 e. The minimum absolute atomic E-state index is 0.387. The van der Waals surface area contributed by atoms with Gasteiger partial charge < -0.3 is 0 Å². The van der Waals surface area contributed by atoms with E-state index in [0.29, 0.717) is 5.41 Å². The Morgan fingerprint density at radius 2 is 1.26 bits per heavy atom. The molecule has 23 heavy (non-hydrogen) atoms. The van der Waals surface area contributed by atoms with E-state index < -0.39 is 0 Å². The highest BCUT2D eigenvalue weighted by atomic mass is 14.3. The van der Waals surface area contributed by atoms with Crippen LogP contribution in [0.1, 0.15) is 110 Å². The summed E-state index contributed by atoms with van der Waals surface area (Å²) in [4.78, 5) is 0. The molecule has 0 saturated heterocycles. The van der Waals surface area contributed by atoms with Crippen molar-refractivity contribution in [2.24, 2.45) is 0 Å². The third-order valence-electron chi connectivity index (χ3n) is 5.31. The lowest BCUT2D eigenvalue weighted by molar-refractivity contribution is 0.305. The summed E-state index contributed by atoms with van der Waals surface area (Å²) >= 11 is 0. The standard InChI is InChI=1S/C23H39/c1-4-7-10-11-12-16-21-23(19-8-5-2,20-9-6-3)22-17-14-13-15-18-22/h13-15,17H,4-12,16,19-21H2,1-3H3. The van der Waals surface area contributed by atoms with E-state index in [2.05, 4.69) is 51.1 Å². The molecule has 0 atom stereocenters. The van der Waals surface area contributed by atoms with Gasteiger partial charge in [-0.3, -0.25) is 0 Å². The van der Waals surface area contributed by atoms with Crippen molar-refractivity contribution in [3.8, 4) is 0 Å². The van der Waals surface area contributed by atoms with Crippen LogP contribution in [0.4, 0.5) is 0 Å². The van der Waals surface area contributed by atoms with Gasteiger partial charge in [0, 0.05) is 0 Å². The molecule has 0 heterocycles. The van der Waals surface area contributed by atoms with Crippen molar-refractivity contribution >= 4 is 0 Å². The van der Waals surface area contributed by atoms with Gasteiger partial charge in [-0.15, -0.1) is 0 Å². The maximum Gasteiger partial charge on any atom is -0.00408 e. The Kier molecular flexibility index (Phi) is 11.1. The van der Waals surface area contributed by atoms with Crippen molar-refractivity contribution in [1.29, 1.82) is 0 Å². The van der Waals surface area contributed by atoms with Crippen molar-refractivity contribution in [2.75, 3.05) is 0 Å². The van der Waals surface area contributed by atoms with E-state index in [1.165, 1.54) is 89.0 Å². The van der Waals surface area contributed by atoms with Crippen LogP contribution in [0.25, 0.3) is 0 Å². The van der Waals surface area contributed by atoms with Crippen LogP contribution in [-0.4, -0.2) is 0 Å². The second kappa shape index (κ2) is 12.6. The summed E-state index contributed by atoms with van der Waals surface area (Å²) in [6, 6.07) is 12.4. The lowest BCUT2D eigenvalue weighted by atomic mass is 9.69. The van der Waals surface area contributed by atoms with Gasteiger partial charge in [0.1, 0.15) is 0 Å². The van der Waals surface area contributed by atoms with Crippen molar-refractivity contribution in [2.45, 2.75) is 110 Å². The van der Waals surface area contributed by atoms with E-state index in [-0.39, 0.29) is 0 Å². The minimum atomic E-state index is 0.387. The molecule has 131 valence electrons. The Hall–Kier alpha value is -0.780. The molecule has 0 aliphatic rings. The van der Waals surface area contributed by atoms with E-state index in [1.54, 1.807) is 0 Å². The molecule has 0 amide bonds. The Balaban J connectivity index is 2.71. The maximum atomic E-state index is 3.59. The van der Waals surface area contributed by atoms with E-state index in [4.69, 9.17) is 0 Å². The summed E-state index contributed by atoms with van der Waals surface area (Å²) in [5.41, 5.74) is 1.87. The van der Waals surface area contributed by atoms with Crippen LogP contribution in [0, 0.1) is 6.07 Å². The zero-order valence-electron chi connectivity index (χ0n) is 16.0. The number of benzene rings is 1. The first kappa shape index (κ1) is 20.3. The molecule has 1 aromatic carbocycles. The monoisotopic (exact) mass is 315 g/mol. The van der Waals surface area contributed by atoms with Gasteiger partial charge in [-0.2, -0.15) is 0 Å². The minimum Gasteiger partial charge on any atom is -0.0654 e. The molecule has 0 nitrogen and oxygen atoms in total. The van der Waals surface area contributed by atoms with Gasteiger partial charge in [-0.25, -0.2) is 0 Å². The summed E-state index contributed by atoms with van der Waals surface area (Å²) in [5.74, 6) is 0. The van der Waals surface area contributed by atoms with Crippen LogP contribution in [0.2, 0.25) is 0 Å². The Bertz CT molecular complexity index is 357. The number of rotatable bonds is 14. The Labute approximate surface area is 146 Å². The second-order valence-electron chi connectivity index (χ2n) is 7.28. The van der Waals surface area contributed by atoms with Gasteiger partial charge in [-0.05, 0) is 36.3 Å². The van der Waals surface area contributed by atoms with Crippen LogP contribution >= 0.6 is 0 Å². The zero-order valence-corrected chi connectivity index (χ0v) is 16.0. The fraction of sp³-hybridized carbons (Fsp3) is 0.739. The SMILES string of the molecule is CCCCCCCCC(CCCC)(CCCC)c1[c]cccc1. The highest BCUT2D eigenvalue weighted by Crippen LogP contribution is 2.40. The average molecular weight is 316 g/mol. The molecule has 0 N–H and O–H groups in total. The van der Waals surface area contributed by atoms with E-state index >= 15 is 0 Å². The summed E-state index contributed by atoms with van der Waals surface area (Å²) in [7, 11) is 0. The molecular weight excluding hydrogens is 276 g/mol. The Morgan fingerprint density at radius 1 is 0.696 bits per heavy atom. The van der Waals surface area contributed by atoms with Gasteiger partial charge >= 0.3 is 0 Å². The molecule has 1 radical (unpaired) electrons. The number of hydrogen-bond acceptors (Lipinski definition) is 0. The molecule has 1 rings (SSSR count). The average Bonchev–Trinajstić information content (AvgIpc) is 2.60. The van der Waals surface area contributed by atoms with Crippen LogP contribution in [0.15, 0.2) is 24.3 Å². The third kappa shape index (κ3) is 7.55. The molecule has 0 heteroatoms. The predicted molar refractivity (Wildman–Crippen MR) is 104 cm³/mol. The van der Waals surface area contributed by atoms with Gasteiger partial charge in [0.05, 0.1) is 0 Å². The maximum absolute atomic E-state index is 3.59. The summed E-state index contributed by atoms with van der Waals surface area (Å²) < 4.78 is 0. The first-order chi connectivity index (χ1) is 11.3. The molecule has 0 aliphatic carbocycles. The van der Waals surface area contributed by atoms with Gasteiger partial charge in [0.25, 0.3) is 0 Å². The van der Waals surface area contributed by atoms with Crippen LogP contribution in [-0.2, 0) is 5.41 Å². The molecule has 0 unspecified atom stereocenters. The molecule has 0 saturated carbocycles. The second-order valence-corrected chi connectivity index (χ2v) is 7.28. The molecule has 1 aromatic rings. The molecule has 0 spiro atoms. The lowest BCUT2D eigenvalue weighted by Crippen LogP contribution is -2.26. The first-order valence-electron chi connectivity index (χ1n) is 10.3. The fourth-order valence-electron chi connectivity index (χ4n) is 3.78. The van der Waals surface area contributed by atoms with Crippen molar-refractivity contribution in [3.63, 3.8) is 0 Å². The molecule has 0 aliphatic heterocycles. The van der Waals surface area contributed by atoms with Crippen molar-refractivity contribution in [3.05, 3.63) is 35.9 Å². The summed E-state index contributed by atoms with van der Waals surface area (Å²) in [6.07, 6.45) is 17.7. The highest BCUT2D eigenvalue weighted by molar-refractivity contribution is 5.24. The van der Waals surface area contributed by atoms with Crippen LogP contribution < -0.4 is 0 Å². The summed E-state index contributed by atoms with van der Waals surface area (Å²) in [6.45, 7) is 6.94. The smallest absolute Gasteiger partial charge is 0.00408 e. The van der Waals surface area contributed by atoms with Crippen LogP contribution in [0.3, 0.4) is 0 Å².